The molecule has 0 aliphatic carbocycles. The van der Waals surface area contributed by atoms with Gasteiger partial charge < -0.3 is 9.84 Å². The molecule has 0 unspecified atom stereocenters. The highest BCUT2D eigenvalue weighted by atomic mass is 127. The van der Waals surface area contributed by atoms with Crippen LogP contribution < -0.4 is 4.74 Å². The highest BCUT2D eigenvalue weighted by Crippen LogP contribution is 2.33. The number of hydrogen-bond acceptors (Lipinski definition) is 2. The first-order valence-electron chi connectivity index (χ1n) is 5.69. The fourth-order valence-electron chi connectivity index (χ4n) is 1.58. The molecule has 1 N–H and O–H groups in total. The quantitative estimate of drug-likeness (QED) is 0.505. The zero-order valence-corrected chi connectivity index (χ0v) is 14.6. The zero-order chi connectivity index (χ0) is 14.7. The molecular weight excluding hydrogens is 461 g/mol. The molecule has 2 aromatic carbocycles. The lowest BCUT2D eigenvalue weighted by molar-refractivity contribution is 0.107. The van der Waals surface area contributed by atoms with Gasteiger partial charge in [0, 0.05) is 5.02 Å². The number of benzene rings is 2. The molecule has 0 saturated heterocycles. The largest absolute Gasteiger partial charge is 0.488 e. The first-order valence-corrected chi connectivity index (χ1v) is 7.94. The summed E-state index contributed by atoms with van der Waals surface area (Å²) in [5, 5.41) is 10.6. The fraction of sp³-hybridized carbons (Fsp3) is 0.143. The monoisotopic (exact) mass is 470 g/mol. The molecule has 0 aliphatic rings. The second-order valence-corrected chi connectivity index (χ2v) is 6.44. The van der Waals surface area contributed by atoms with Gasteiger partial charge in [0.05, 0.1) is 8.04 Å². The predicted octanol–water partition coefficient (Wildman–Crippen LogP) is 4.96. The van der Waals surface area contributed by atoms with Crippen molar-refractivity contribution in [3.05, 3.63) is 60.8 Å². The Balaban J connectivity index is 2.09. The number of aliphatic hydroxyl groups is 1. The second kappa shape index (κ2) is 7.06. The molecule has 2 nitrogen and oxygen atoms in total. The summed E-state index contributed by atoms with van der Waals surface area (Å²) in [4.78, 5) is 0. The number of hydrogen-bond donors (Lipinski definition) is 1. The summed E-state index contributed by atoms with van der Waals surface area (Å²) in [6, 6.07) is 9.81. The van der Waals surface area contributed by atoms with Crippen LogP contribution in [0.1, 0.15) is 11.7 Å². The Hall–Kier alpha value is -0.370. The number of ether oxygens (including phenoxy) is 1. The van der Waals surface area contributed by atoms with Crippen LogP contribution in [0.25, 0.3) is 0 Å². The maximum absolute atomic E-state index is 13.4. The summed E-state index contributed by atoms with van der Waals surface area (Å²) >= 11 is 11.0. The average Bonchev–Trinajstić information content (AvgIpc) is 2.43. The molecule has 0 fully saturated rings. The summed E-state index contributed by atoms with van der Waals surface area (Å²) in [5.41, 5.74) is 0.692. The zero-order valence-electron chi connectivity index (χ0n) is 10.1. The number of halogens is 4. The van der Waals surface area contributed by atoms with E-state index in [0.29, 0.717) is 16.3 Å². The van der Waals surface area contributed by atoms with Gasteiger partial charge in [-0.3, -0.25) is 0 Å². The van der Waals surface area contributed by atoms with Crippen molar-refractivity contribution >= 4 is 50.1 Å². The van der Waals surface area contributed by atoms with Gasteiger partial charge in [0.1, 0.15) is 24.3 Å². The third-order valence-electron chi connectivity index (χ3n) is 2.64. The number of aliphatic hydroxyl groups excluding tert-OH is 1. The van der Waals surface area contributed by atoms with E-state index in [2.05, 4.69) is 15.9 Å². The van der Waals surface area contributed by atoms with Crippen molar-refractivity contribution in [1.29, 1.82) is 0 Å². The Morgan fingerprint density at radius 3 is 2.55 bits per heavy atom. The first kappa shape index (κ1) is 16.0. The van der Waals surface area contributed by atoms with Crippen molar-refractivity contribution in [3.8, 4) is 5.75 Å². The van der Waals surface area contributed by atoms with Gasteiger partial charge in [-0.15, -0.1) is 0 Å². The fourth-order valence-corrected chi connectivity index (χ4v) is 3.15. The van der Waals surface area contributed by atoms with Gasteiger partial charge in [0.15, 0.2) is 0 Å². The van der Waals surface area contributed by atoms with Crippen LogP contribution in [0.4, 0.5) is 4.39 Å². The summed E-state index contributed by atoms with van der Waals surface area (Å²) < 4.78 is 20.0. The Kier molecular flexibility index (Phi) is 5.65. The summed E-state index contributed by atoms with van der Waals surface area (Å²) in [5.74, 6) is -0.0139. The average molecular weight is 471 g/mol. The van der Waals surface area contributed by atoms with Crippen LogP contribution in [0.15, 0.2) is 40.9 Å². The van der Waals surface area contributed by atoms with Crippen molar-refractivity contribution in [3.63, 3.8) is 0 Å². The van der Waals surface area contributed by atoms with Crippen LogP contribution in [-0.2, 0) is 0 Å². The Bertz CT molecular complexity index is 607. The maximum Gasteiger partial charge on any atom is 0.149 e. The lowest BCUT2D eigenvalue weighted by atomic mass is 10.1. The van der Waals surface area contributed by atoms with Crippen LogP contribution in [-0.4, -0.2) is 11.7 Å². The normalized spacial score (nSPS) is 12.2. The Labute approximate surface area is 143 Å². The SMILES string of the molecule is O[C@H](COc1c(I)ccc(F)c1Br)c1ccc(Cl)cc1. The minimum atomic E-state index is -0.807. The van der Waals surface area contributed by atoms with Gasteiger partial charge in [-0.1, -0.05) is 23.7 Å². The Morgan fingerprint density at radius 2 is 1.90 bits per heavy atom. The molecule has 106 valence electrons. The van der Waals surface area contributed by atoms with Crippen molar-refractivity contribution in [2.75, 3.05) is 6.61 Å². The Morgan fingerprint density at radius 1 is 1.25 bits per heavy atom. The molecule has 20 heavy (non-hydrogen) atoms. The molecule has 0 aromatic heterocycles. The van der Waals surface area contributed by atoms with Crippen LogP contribution in [0.3, 0.4) is 0 Å². The van der Waals surface area contributed by atoms with Crippen LogP contribution in [0.5, 0.6) is 5.75 Å². The van der Waals surface area contributed by atoms with E-state index in [1.165, 1.54) is 6.07 Å². The molecule has 0 aliphatic heterocycles. The topological polar surface area (TPSA) is 29.5 Å². The summed E-state index contributed by atoms with van der Waals surface area (Å²) in [6.45, 7) is 0.0275. The van der Waals surface area contributed by atoms with E-state index in [4.69, 9.17) is 16.3 Å². The molecule has 2 rings (SSSR count). The van der Waals surface area contributed by atoms with Gasteiger partial charge in [0.2, 0.25) is 0 Å². The predicted molar refractivity (Wildman–Crippen MR) is 88.7 cm³/mol. The molecule has 6 heteroatoms. The van der Waals surface area contributed by atoms with E-state index < -0.39 is 11.9 Å². The van der Waals surface area contributed by atoms with Gasteiger partial charge in [-0.05, 0) is 68.3 Å². The van der Waals surface area contributed by atoms with Crippen molar-refractivity contribution in [1.82, 2.24) is 0 Å². The molecule has 2 aromatic rings. The molecule has 0 spiro atoms. The smallest absolute Gasteiger partial charge is 0.149 e. The van der Waals surface area contributed by atoms with Crippen molar-refractivity contribution < 1.29 is 14.2 Å². The van der Waals surface area contributed by atoms with Crippen molar-refractivity contribution in [2.45, 2.75) is 6.10 Å². The van der Waals surface area contributed by atoms with E-state index in [0.717, 1.165) is 3.57 Å². The molecule has 0 amide bonds. The summed E-state index contributed by atoms with van der Waals surface area (Å²) in [6.07, 6.45) is -0.807. The number of rotatable bonds is 4. The minimum Gasteiger partial charge on any atom is -0.488 e. The lowest BCUT2D eigenvalue weighted by Gasteiger charge is -2.15. The van der Waals surface area contributed by atoms with Crippen LogP contribution in [0, 0.1) is 9.39 Å². The molecular formula is C14H10BrClFIO2. The molecule has 0 saturated carbocycles. The van der Waals surface area contributed by atoms with Crippen molar-refractivity contribution in [2.24, 2.45) is 0 Å². The van der Waals surface area contributed by atoms with Crippen LogP contribution >= 0.6 is 50.1 Å². The molecule has 0 radical (unpaired) electrons. The molecule has 1 atom stereocenters. The van der Waals surface area contributed by atoms with E-state index in [1.54, 1.807) is 30.3 Å². The van der Waals surface area contributed by atoms with E-state index in [1.807, 2.05) is 22.6 Å². The molecule has 0 bridgehead atoms. The third-order valence-corrected chi connectivity index (χ3v) is 4.48. The van der Waals surface area contributed by atoms with Crippen LogP contribution in [0.2, 0.25) is 5.02 Å². The second-order valence-electron chi connectivity index (χ2n) is 4.05. The van der Waals surface area contributed by atoms with Gasteiger partial charge >= 0.3 is 0 Å². The van der Waals surface area contributed by atoms with Gasteiger partial charge in [0.25, 0.3) is 0 Å². The van der Waals surface area contributed by atoms with E-state index in [-0.39, 0.29) is 11.1 Å². The maximum atomic E-state index is 13.4. The highest BCUT2D eigenvalue weighted by molar-refractivity contribution is 14.1. The standard InChI is InChI=1S/C14H10BrClFIO2/c15-13-10(17)5-6-11(18)14(13)20-7-12(19)8-1-3-9(16)4-2-8/h1-6,12,19H,7H2/t12-/m1/s1. The first-order chi connectivity index (χ1) is 9.49. The third kappa shape index (κ3) is 3.84. The van der Waals surface area contributed by atoms with E-state index in [9.17, 15) is 9.50 Å². The lowest BCUT2D eigenvalue weighted by Crippen LogP contribution is -2.10. The van der Waals surface area contributed by atoms with Gasteiger partial charge in [-0.2, -0.15) is 0 Å². The van der Waals surface area contributed by atoms with Gasteiger partial charge in [-0.25, -0.2) is 4.39 Å². The van der Waals surface area contributed by atoms with E-state index >= 15 is 0 Å². The minimum absolute atomic E-state index is 0.0275. The molecule has 0 heterocycles. The highest BCUT2D eigenvalue weighted by Gasteiger charge is 2.14. The summed E-state index contributed by atoms with van der Waals surface area (Å²) in [7, 11) is 0.